The Morgan fingerprint density at radius 2 is 0.895 bits per heavy atom. The SMILES string of the molecule is CN(CCS)CP(CN(C)CCS)CN(C)CCS. The van der Waals surface area contributed by atoms with E-state index in [1.165, 1.54) is 18.9 Å². The highest BCUT2D eigenvalue weighted by atomic mass is 32.1. The molecule has 0 aliphatic heterocycles. The van der Waals surface area contributed by atoms with Gasteiger partial charge >= 0.3 is 0 Å². The minimum Gasteiger partial charge on any atom is -0.301 e. The molecule has 0 aromatic heterocycles. The lowest BCUT2D eigenvalue weighted by Gasteiger charge is -2.31. The van der Waals surface area contributed by atoms with E-state index >= 15 is 0 Å². The Labute approximate surface area is 137 Å². The van der Waals surface area contributed by atoms with E-state index in [-0.39, 0.29) is 7.92 Å². The van der Waals surface area contributed by atoms with Gasteiger partial charge in [-0.1, -0.05) is 7.92 Å². The van der Waals surface area contributed by atoms with Crippen molar-refractivity contribution < 1.29 is 0 Å². The first kappa shape index (κ1) is 20.4. The Balaban J connectivity index is 4.28. The van der Waals surface area contributed by atoms with E-state index < -0.39 is 0 Å². The van der Waals surface area contributed by atoms with Crippen molar-refractivity contribution in [2.45, 2.75) is 0 Å². The average molecular weight is 344 g/mol. The van der Waals surface area contributed by atoms with Gasteiger partial charge in [-0.05, 0) is 21.1 Å². The number of rotatable bonds is 12. The van der Waals surface area contributed by atoms with Gasteiger partial charge in [0.15, 0.2) is 0 Å². The van der Waals surface area contributed by atoms with Gasteiger partial charge in [-0.3, -0.25) is 0 Å². The highest BCUT2D eigenvalue weighted by molar-refractivity contribution is 7.80. The number of thiol groups is 3. The van der Waals surface area contributed by atoms with Crippen LogP contribution in [0.3, 0.4) is 0 Å². The van der Waals surface area contributed by atoms with Crippen LogP contribution in [0.5, 0.6) is 0 Å². The molecular formula is C12H30N3PS3. The molecule has 0 aliphatic carbocycles. The summed E-state index contributed by atoms with van der Waals surface area (Å²) in [6, 6.07) is 0. The fourth-order valence-corrected chi connectivity index (χ4v) is 5.65. The van der Waals surface area contributed by atoms with E-state index in [4.69, 9.17) is 0 Å². The summed E-state index contributed by atoms with van der Waals surface area (Å²) in [6.45, 7) is 3.19. The lowest BCUT2D eigenvalue weighted by molar-refractivity contribution is 0.379. The zero-order valence-corrected chi connectivity index (χ0v) is 16.1. The first-order chi connectivity index (χ1) is 9.03. The summed E-state index contributed by atoms with van der Waals surface area (Å²) < 4.78 is 0. The Morgan fingerprint density at radius 1 is 0.632 bits per heavy atom. The predicted molar refractivity (Wildman–Crippen MR) is 101 cm³/mol. The summed E-state index contributed by atoms with van der Waals surface area (Å²) in [5, 5.41) is 0. The third-order valence-electron chi connectivity index (χ3n) is 2.77. The first-order valence-electron chi connectivity index (χ1n) is 6.64. The minimum atomic E-state index is -0.0376. The summed E-state index contributed by atoms with van der Waals surface area (Å²) in [7, 11) is 6.55. The molecule has 19 heavy (non-hydrogen) atoms. The molecule has 7 heteroatoms. The van der Waals surface area contributed by atoms with Crippen molar-refractivity contribution in [3.8, 4) is 0 Å². The first-order valence-corrected chi connectivity index (χ1v) is 10.4. The van der Waals surface area contributed by atoms with Crippen molar-refractivity contribution in [1.29, 1.82) is 0 Å². The number of nitrogens with zero attached hydrogens (tertiary/aromatic N) is 3. The third kappa shape index (κ3) is 11.7. The van der Waals surface area contributed by atoms with Gasteiger partial charge in [0.1, 0.15) is 0 Å². The van der Waals surface area contributed by atoms with E-state index in [9.17, 15) is 0 Å². The van der Waals surface area contributed by atoms with Crippen molar-refractivity contribution in [2.75, 3.05) is 76.9 Å². The van der Waals surface area contributed by atoms with Gasteiger partial charge < -0.3 is 14.7 Å². The van der Waals surface area contributed by atoms with E-state index in [0.717, 1.165) is 36.9 Å². The Kier molecular flexibility index (Phi) is 14.0. The summed E-state index contributed by atoms with van der Waals surface area (Å²) in [6.07, 6.45) is 3.55. The highest BCUT2D eigenvalue weighted by Crippen LogP contribution is 2.36. The van der Waals surface area contributed by atoms with Gasteiger partial charge in [0, 0.05) is 55.8 Å². The number of hydrogen-bond donors (Lipinski definition) is 3. The van der Waals surface area contributed by atoms with Crippen molar-refractivity contribution in [2.24, 2.45) is 0 Å². The molecule has 0 amide bonds. The van der Waals surface area contributed by atoms with Crippen molar-refractivity contribution in [3.05, 3.63) is 0 Å². The van der Waals surface area contributed by atoms with Crippen LogP contribution >= 0.6 is 45.8 Å². The van der Waals surface area contributed by atoms with E-state index in [1.807, 2.05) is 0 Å². The van der Waals surface area contributed by atoms with Crippen LogP contribution < -0.4 is 0 Å². The molecule has 0 saturated heterocycles. The van der Waals surface area contributed by atoms with Crippen molar-refractivity contribution >= 4 is 45.8 Å². The zero-order chi connectivity index (χ0) is 14.7. The smallest absolute Gasteiger partial charge is 0.0204 e. The average Bonchev–Trinajstić information content (AvgIpc) is 2.29. The van der Waals surface area contributed by atoms with Crippen molar-refractivity contribution in [1.82, 2.24) is 14.7 Å². The summed E-state index contributed by atoms with van der Waals surface area (Å²) in [5.41, 5.74) is 0. The Morgan fingerprint density at radius 3 is 1.11 bits per heavy atom. The molecule has 0 saturated carbocycles. The zero-order valence-electron chi connectivity index (χ0n) is 12.5. The minimum absolute atomic E-state index is 0.0376. The van der Waals surface area contributed by atoms with Crippen LogP contribution in [0.4, 0.5) is 0 Å². The molecule has 0 heterocycles. The summed E-state index contributed by atoms with van der Waals surface area (Å²) in [4.78, 5) is 7.21. The van der Waals surface area contributed by atoms with Gasteiger partial charge in [0.05, 0.1) is 0 Å². The lowest BCUT2D eigenvalue weighted by atomic mass is 10.7. The quantitative estimate of drug-likeness (QED) is 0.369. The fourth-order valence-electron chi connectivity index (χ4n) is 1.88. The maximum absolute atomic E-state index is 4.31. The lowest BCUT2D eigenvalue weighted by Crippen LogP contribution is -2.31. The van der Waals surface area contributed by atoms with Crippen LogP contribution in [-0.2, 0) is 0 Å². The standard InChI is InChI=1S/C12H30N3PS3/c1-13(4-7-17)10-16(11-14(2)5-8-18)12-15(3)6-9-19/h17-19H,4-12H2,1-3H3. The monoisotopic (exact) mass is 343 g/mol. The molecular weight excluding hydrogens is 313 g/mol. The predicted octanol–water partition coefficient (Wildman–Crippen LogP) is 1.93. The van der Waals surface area contributed by atoms with E-state index in [0.29, 0.717) is 0 Å². The molecule has 0 atom stereocenters. The Hall–Kier alpha value is 1.36. The van der Waals surface area contributed by atoms with Crippen LogP contribution in [0, 0.1) is 0 Å². The topological polar surface area (TPSA) is 9.72 Å². The second-order valence-electron chi connectivity index (χ2n) is 5.00. The maximum atomic E-state index is 4.31. The molecule has 0 radical (unpaired) electrons. The van der Waals surface area contributed by atoms with Crippen LogP contribution in [0.25, 0.3) is 0 Å². The van der Waals surface area contributed by atoms with E-state index in [1.54, 1.807) is 0 Å². The van der Waals surface area contributed by atoms with Crippen LogP contribution in [0.15, 0.2) is 0 Å². The summed E-state index contributed by atoms with van der Waals surface area (Å²) in [5.74, 6) is 2.79. The second-order valence-corrected chi connectivity index (χ2v) is 8.54. The molecule has 0 rings (SSSR count). The van der Waals surface area contributed by atoms with Gasteiger partial charge in [-0.25, -0.2) is 0 Å². The van der Waals surface area contributed by atoms with Crippen LogP contribution in [-0.4, -0.2) is 91.6 Å². The van der Waals surface area contributed by atoms with E-state index in [2.05, 4.69) is 73.7 Å². The second kappa shape index (κ2) is 13.1. The van der Waals surface area contributed by atoms with Gasteiger partial charge in [-0.2, -0.15) is 37.9 Å². The normalized spacial score (nSPS) is 12.3. The van der Waals surface area contributed by atoms with Crippen LogP contribution in [0.1, 0.15) is 0 Å². The fraction of sp³-hybridized carbons (Fsp3) is 1.00. The van der Waals surface area contributed by atoms with Gasteiger partial charge in [-0.15, -0.1) is 0 Å². The molecule has 0 aromatic rings. The number of hydrogen-bond acceptors (Lipinski definition) is 6. The molecule has 0 N–H and O–H groups in total. The molecule has 3 nitrogen and oxygen atoms in total. The Bertz CT molecular complexity index is 179. The highest BCUT2D eigenvalue weighted by Gasteiger charge is 2.15. The largest absolute Gasteiger partial charge is 0.301 e. The van der Waals surface area contributed by atoms with Gasteiger partial charge in [0.2, 0.25) is 0 Å². The van der Waals surface area contributed by atoms with Crippen LogP contribution in [0.2, 0.25) is 0 Å². The molecule has 0 bridgehead atoms. The molecule has 0 unspecified atom stereocenters. The third-order valence-corrected chi connectivity index (χ3v) is 6.02. The van der Waals surface area contributed by atoms with Crippen molar-refractivity contribution in [3.63, 3.8) is 0 Å². The molecule has 0 aliphatic rings. The molecule has 0 aromatic carbocycles. The molecule has 0 fully saturated rings. The summed E-state index contributed by atoms with van der Waals surface area (Å²) >= 11 is 12.9. The maximum Gasteiger partial charge on any atom is 0.0204 e. The molecule has 0 spiro atoms. The molecule has 116 valence electrons. The van der Waals surface area contributed by atoms with Gasteiger partial charge in [0.25, 0.3) is 0 Å².